The SMILES string of the molecule is CC1CNCCN1c1ccc(NC(=O)c2ccc3cc4n(c3n2)[C@H](C)CNC4=O)c(S(N)(=O)=O)c1. The van der Waals surface area contributed by atoms with Crippen LogP contribution in [0.15, 0.2) is 41.3 Å². The molecule has 1 fully saturated rings. The van der Waals surface area contributed by atoms with Crippen LogP contribution in [-0.4, -0.2) is 62.0 Å². The van der Waals surface area contributed by atoms with E-state index >= 15 is 0 Å². The lowest BCUT2D eigenvalue weighted by Gasteiger charge is -2.36. The number of anilines is 2. The van der Waals surface area contributed by atoms with E-state index in [0.717, 1.165) is 25.0 Å². The Kier molecular flexibility index (Phi) is 5.74. The molecule has 3 aromatic rings. The number of benzene rings is 1. The molecule has 2 aliphatic heterocycles. The molecule has 0 aliphatic carbocycles. The molecule has 2 aliphatic rings. The number of hydrogen-bond donors (Lipinski definition) is 4. The van der Waals surface area contributed by atoms with Crippen LogP contribution in [0.3, 0.4) is 0 Å². The highest BCUT2D eigenvalue weighted by Crippen LogP contribution is 2.29. The Bertz CT molecular complexity index is 1450. The fourth-order valence-electron chi connectivity index (χ4n) is 4.70. The summed E-state index contributed by atoms with van der Waals surface area (Å²) in [5, 5.41) is 15.0. The second-order valence-electron chi connectivity index (χ2n) is 8.99. The van der Waals surface area contributed by atoms with Crippen LogP contribution in [0.2, 0.25) is 0 Å². The molecular weight excluding hydrogens is 470 g/mol. The van der Waals surface area contributed by atoms with Gasteiger partial charge in [0.1, 0.15) is 21.9 Å². The number of rotatable bonds is 4. The maximum Gasteiger partial charge on any atom is 0.274 e. The Morgan fingerprint density at radius 1 is 1.14 bits per heavy atom. The lowest BCUT2D eigenvalue weighted by atomic mass is 10.1. The van der Waals surface area contributed by atoms with E-state index < -0.39 is 15.9 Å². The van der Waals surface area contributed by atoms with Gasteiger partial charge in [0, 0.05) is 43.3 Å². The number of carbonyl (C=O) groups excluding carboxylic acids is 2. The van der Waals surface area contributed by atoms with E-state index in [0.29, 0.717) is 23.6 Å². The van der Waals surface area contributed by atoms with Gasteiger partial charge in [-0.15, -0.1) is 0 Å². The normalized spacial score (nSPS) is 20.4. The average Bonchev–Trinajstić information content (AvgIpc) is 3.21. The van der Waals surface area contributed by atoms with Crippen molar-refractivity contribution in [2.45, 2.75) is 30.8 Å². The zero-order chi connectivity index (χ0) is 24.9. The van der Waals surface area contributed by atoms with Crippen molar-refractivity contribution < 1.29 is 18.0 Å². The summed E-state index contributed by atoms with van der Waals surface area (Å²) in [6.45, 7) is 6.75. The number of sulfonamides is 1. The zero-order valence-corrected chi connectivity index (χ0v) is 20.2. The number of fused-ring (bicyclic) bond motifs is 3. The van der Waals surface area contributed by atoms with Crippen LogP contribution in [0.4, 0.5) is 11.4 Å². The molecule has 0 saturated carbocycles. The van der Waals surface area contributed by atoms with E-state index in [1.165, 1.54) is 6.07 Å². The van der Waals surface area contributed by atoms with Gasteiger partial charge in [0.05, 0.1) is 11.7 Å². The molecule has 2 atom stereocenters. The van der Waals surface area contributed by atoms with Crippen molar-refractivity contribution in [1.29, 1.82) is 0 Å². The second-order valence-corrected chi connectivity index (χ2v) is 10.5. The van der Waals surface area contributed by atoms with Crippen molar-refractivity contribution in [2.24, 2.45) is 5.14 Å². The number of nitrogens with zero attached hydrogens (tertiary/aromatic N) is 3. The van der Waals surface area contributed by atoms with E-state index in [4.69, 9.17) is 5.14 Å². The quantitative estimate of drug-likeness (QED) is 0.420. The Labute approximate surface area is 202 Å². The number of hydrogen-bond acceptors (Lipinski definition) is 7. The van der Waals surface area contributed by atoms with E-state index in [2.05, 4.69) is 25.8 Å². The summed E-state index contributed by atoms with van der Waals surface area (Å²) in [4.78, 5) is 31.8. The fourth-order valence-corrected chi connectivity index (χ4v) is 5.42. The van der Waals surface area contributed by atoms with Crippen LogP contribution in [0.5, 0.6) is 0 Å². The van der Waals surface area contributed by atoms with Gasteiger partial charge in [-0.05, 0) is 50.2 Å². The molecule has 184 valence electrons. The molecule has 0 spiro atoms. The molecule has 2 aromatic heterocycles. The van der Waals surface area contributed by atoms with Gasteiger partial charge >= 0.3 is 0 Å². The molecule has 35 heavy (non-hydrogen) atoms. The molecule has 4 heterocycles. The van der Waals surface area contributed by atoms with Gasteiger partial charge in [0.25, 0.3) is 11.8 Å². The maximum absolute atomic E-state index is 13.1. The summed E-state index contributed by atoms with van der Waals surface area (Å²) in [6.07, 6.45) is 0. The summed E-state index contributed by atoms with van der Waals surface area (Å²) < 4.78 is 26.6. The summed E-state index contributed by atoms with van der Waals surface area (Å²) in [5.41, 5.74) is 1.89. The number of primary sulfonamides is 1. The van der Waals surface area contributed by atoms with Crippen molar-refractivity contribution in [3.8, 4) is 0 Å². The Morgan fingerprint density at radius 2 is 1.94 bits per heavy atom. The van der Waals surface area contributed by atoms with E-state index in [-0.39, 0.29) is 34.3 Å². The Balaban J connectivity index is 1.48. The minimum absolute atomic E-state index is 0.0279. The highest BCUT2D eigenvalue weighted by Gasteiger charge is 2.27. The van der Waals surface area contributed by atoms with Gasteiger partial charge in [-0.25, -0.2) is 18.5 Å². The van der Waals surface area contributed by atoms with Gasteiger partial charge in [-0.1, -0.05) is 0 Å². The third-order valence-electron chi connectivity index (χ3n) is 6.50. The predicted molar refractivity (Wildman–Crippen MR) is 132 cm³/mol. The monoisotopic (exact) mass is 497 g/mol. The number of piperazine rings is 1. The lowest BCUT2D eigenvalue weighted by molar-refractivity contribution is 0.0918. The lowest BCUT2D eigenvalue weighted by Crippen LogP contribution is -2.50. The topological polar surface area (TPSA) is 151 Å². The predicted octanol–water partition coefficient (Wildman–Crippen LogP) is 1.04. The van der Waals surface area contributed by atoms with Crippen LogP contribution in [-0.2, 0) is 10.0 Å². The average molecular weight is 498 g/mol. The second kappa shape index (κ2) is 8.63. The van der Waals surface area contributed by atoms with Crippen LogP contribution in [0, 0.1) is 0 Å². The first-order valence-electron chi connectivity index (χ1n) is 11.4. The van der Waals surface area contributed by atoms with E-state index in [1.807, 2.05) is 18.4 Å². The summed E-state index contributed by atoms with van der Waals surface area (Å²) in [5.74, 6) is -0.771. The molecule has 1 saturated heterocycles. The van der Waals surface area contributed by atoms with Crippen molar-refractivity contribution in [3.05, 3.63) is 47.8 Å². The number of nitrogens with one attached hydrogen (secondary N) is 3. The number of carbonyl (C=O) groups is 2. The van der Waals surface area contributed by atoms with Gasteiger partial charge in [0.2, 0.25) is 10.0 Å². The number of pyridine rings is 1. The molecule has 5 rings (SSSR count). The van der Waals surface area contributed by atoms with E-state index in [1.54, 1.807) is 30.3 Å². The fraction of sp³-hybridized carbons (Fsp3) is 0.348. The molecular formula is C23H27N7O4S. The summed E-state index contributed by atoms with van der Waals surface area (Å²) in [6, 6.07) is 9.96. The maximum atomic E-state index is 13.1. The highest BCUT2D eigenvalue weighted by molar-refractivity contribution is 7.89. The largest absolute Gasteiger partial charge is 0.366 e. The number of amides is 2. The van der Waals surface area contributed by atoms with Gasteiger partial charge in [-0.2, -0.15) is 0 Å². The van der Waals surface area contributed by atoms with Crippen LogP contribution < -0.4 is 26.0 Å². The van der Waals surface area contributed by atoms with Gasteiger partial charge in [0.15, 0.2) is 0 Å². The van der Waals surface area contributed by atoms with Crippen LogP contribution in [0.25, 0.3) is 11.0 Å². The molecule has 12 heteroatoms. The molecule has 2 amide bonds. The van der Waals surface area contributed by atoms with Crippen molar-refractivity contribution in [2.75, 3.05) is 36.4 Å². The first kappa shape index (κ1) is 23.3. The number of nitrogens with two attached hydrogens (primary N) is 1. The zero-order valence-electron chi connectivity index (χ0n) is 19.4. The minimum atomic E-state index is -4.12. The summed E-state index contributed by atoms with van der Waals surface area (Å²) >= 11 is 0. The standard InChI is InChI=1S/C23H27N7O4S/c1-13-11-25-7-8-29(13)16-4-6-17(20(10-16)35(24,33)34)28-22(31)18-5-3-15-9-19-23(32)26-12-14(2)30(19)21(15)27-18/h3-6,9-10,13-14,25H,7-8,11-12H2,1-2H3,(H,26,32)(H,28,31)(H2,24,33,34)/t13?,14-/m1/s1. The highest BCUT2D eigenvalue weighted by atomic mass is 32.2. The first-order valence-corrected chi connectivity index (χ1v) is 12.9. The smallest absolute Gasteiger partial charge is 0.274 e. The Morgan fingerprint density at radius 3 is 2.69 bits per heavy atom. The van der Waals surface area contributed by atoms with Gasteiger partial charge < -0.3 is 25.4 Å². The van der Waals surface area contributed by atoms with Crippen molar-refractivity contribution in [1.82, 2.24) is 20.2 Å². The molecule has 1 aromatic carbocycles. The van der Waals surface area contributed by atoms with Crippen LogP contribution in [0.1, 0.15) is 40.9 Å². The molecule has 1 unspecified atom stereocenters. The van der Waals surface area contributed by atoms with Crippen molar-refractivity contribution >= 4 is 44.2 Å². The molecule has 5 N–H and O–H groups in total. The summed E-state index contributed by atoms with van der Waals surface area (Å²) in [7, 11) is -4.12. The minimum Gasteiger partial charge on any atom is -0.366 e. The van der Waals surface area contributed by atoms with Crippen molar-refractivity contribution in [3.63, 3.8) is 0 Å². The molecule has 0 radical (unpaired) electrons. The number of aromatic nitrogens is 2. The third kappa shape index (κ3) is 4.24. The van der Waals surface area contributed by atoms with Gasteiger partial charge in [-0.3, -0.25) is 9.59 Å². The first-order chi connectivity index (χ1) is 16.6. The van der Waals surface area contributed by atoms with Crippen LogP contribution >= 0.6 is 0 Å². The Hall–Kier alpha value is -3.48. The third-order valence-corrected chi connectivity index (χ3v) is 7.45. The van der Waals surface area contributed by atoms with E-state index in [9.17, 15) is 18.0 Å². The molecule has 0 bridgehead atoms. The molecule has 11 nitrogen and oxygen atoms in total.